The van der Waals surface area contributed by atoms with Gasteiger partial charge in [0.05, 0.1) is 32.3 Å². The van der Waals surface area contributed by atoms with Gasteiger partial charge in [-0.25, -0.2) is 18.5 Å². The Bertz CT molecular complexity index is 1700. The van der Waals surface area contributed by atoms with Crippen LogP contribution in [0.5, 0.6) is 0 Å². The van der Waals surface area contributed by atoms with Gasteiger partial charge in [-0.3, -0.25) is 9.69 Å². The molecule has 2 aromatic heterocycles. The number of aromatic nitrogens is 2. The number of urea groups is 1. The van der Waals surface area contributed by atoms with Gasteiger partial charge in [0.15, 0.2) is 0 Å². The fourth-order valence-electron chi connectivity index (χ4n) is 3.28. The van der Waals surface area contributed by atoms with Crippen molar-refractivity contribution in [2.75, 3.05) is 17.3 Å². The molecule has 0 atom stereocenters. The normalized spacial score (nSPS) is 10.5. The van der Waals surface area contributed by atoms with Crippen LogP contribution in [0.3, 0.4) is 0 Å². The van der Waals surface area contributed by atoms with Crippen molar-refractivity contribution in [3.8, 4) is 5.69 Å². The predicted octanol–water partition coefficient (Wildman–Crippen LogP) is 1.01. The minimum atomic E-state index is -2.99. The summed E-state index contributed by atoms with van der Waals surface area (Å²) in [6.07, 6.45) is 0. The van der Waals surface area contributed by atoms with Crippen molar-refractivity contribution in [1.82, 2.24) is 9.55 Å². The van der Waals surface area contributed by atoms with Crippen LogP contribution in [0.4, 0.5) is 25.6 Å². The minimum absolute atomic E-state index is 0. The minimum Gasteiger partial charge on any atom is -1.00 e. The number of nitrogens with one attached hydrogen (secondary N) is 2. The SMILES string of the molecule is CNc1cc2[nH]c(=O)n(-c3ccc(N(C(=O)N=S(=O)=O)c4ccc(Cl)s4)cc3)c(=O)c2cc1F.[H-].[K+]. The van der Waals surface area contributed by atoms with Gasteiger partial charge in [0.25, 0.3) is 5.56 Å². The molecule has 2 N–H and O–H groups in total. The molecule has 0 aliphatic carbocycles. The average Bonchev–Trinajstić information content (AvgIpc) is 3.20. The first-order valence-electron chi connectivity index (χ1n) is 9.37. The van der Waals surface area contributed by atoms with Crippen LogP contribution in [0.15, 0.2) is 62.5 Å². The molecule has 0 aliphatic rings. The molecule has 176 valence electrons. The summed E-state index contributed by atoms with van der Waals surface area (Å²) in [7, 11) is -1.48. The summed E-state index contributed by atoms with van der Waals surface area (Å²) in [6.45, 7) is 0. The number of nitrogens with zero attached hydrogens (tertiary/aromatic N) is 3. The van der Waals surface area contributed by atoms with E-state index < -0.39 is 33.6 Å². The Balaban J connectivity index is 0.00000228. The first-order chi connectivity index (χ1) is 16.2. The van der Waals surface area contributed by atoms with Crippen LogP contribution in [-0.4, -0.2) is 31.0 Å². The van der Waals surface area contributed by atoms with Gasteiger partial charge in [0, 0.05) is 7.05 Å². The number of H-pyrrole nitrogens is 1. The van der Waals surface area contributed by atoms with Crippen LogP contribution >= 0.6 is 22.9 Å². The maximum Gasteiger partial charge on any atom is 1.00 e. The second kappa shape index (κ2) is 11.3. The van der Waals surface area contributed by atoms with Gasteiger partial charge in [-0.05, 0) is 48.5 Å². The molecule has 0 spiro atoms. The van der Waals surface area contributed by atoms with Gasteiger partial charge in [-0.1, -0.05) is 16.0 Å². The van der Waals surface area contributed by atoms with Crippen LogP contribution in [0, 0.1) is 5.82 Å². The monoisotopic (exact) mass is 561 g/mol. The zero-order chi connectivity index (χ0) is 24.6. The third-order valence-corrected chi connectivity index (χ3v) is 6.27. The first-order valence-corrected chi connectivity index (χ1v) is 11.6. The molecule has 0 unspecified atom stereocenters. The second-order valence-corrected chi connectivity index (χ2v) is 9.03. The van der Waals surface area contributed by atoms with Crippen molar-refractivity contribution in [3.05, 3.63) is 79.5 Å². The van der Waals surface area contributed by atoms with Crippen molar-refractivity contribution in [1.29, 1.82) is 0 Å². The molecule has 35 heavy (non-hydrogen) atoms. The van der Waals surface area contributed by atoms with E-state index in [9.17, 15) is 27.2 Å². The number of hydrogen-bond acceptors (Lipinski definition) is 7. The zero-order valence-electron chi connectivity index (χ0n) is 19.1. The van der Waals surface area contributed by atoms with Crippen LogP contribution in [0.25, 0.3) is 16.6 Å². The quantitative estimate of drug-likeness (QED) is 0.357. The number of carbonyl (C=O) groups is 1. The topological polar surface area (TPSA) is 134 Å². The van der Waals surface area contributed by atoms with Crippen LogP contribution in [-0.2, 0) is 10.5 Å². The fourth-order valence-corrected chi connectivity index (χ4v) is 4.53. The van der Waals surface area contributed by atoms with E-state index in [2.05, 4.69) is 14.7 Å². The number of amides is 2. The molecular formula is C20H14ClFKN5O5S2. The largest absolute Gasteiger partial charge is 1.00 e. The van der Waals surface area contributed by atoms with E-state index in [0.29, 0.717) is 9.34 Å². The number of anilines is 3. The molecule has 2 aromatic carbocycles. The maximum atomic E-state index is 14.2. The molecular weight excluding hydrogens is 548 g/mol. The summed E-state index contributed by atoms with van der Waals surface area (Å²) >= 11 is 6.96. The molecule has 0 saturated carbocycles. The smallest absolute Gasteiger partial charge is 1.00 e. The summed E-state index contributed by atoms with van der Waals surface area (Å²) < 4.78 is 40.2. The van der Waals surface area contributed by atoms with E-state index in [0.717, 1.165) is 26.9 Å². The summed E-state index contributed by atoms with van der Waals surface area (Å²) in [6, 6.07) is 9.83. The molecule has 0 aliphatic heterocycles. The molecule has 0 bridgehead atoms. The van der Waals surface area contributed by atoms with Gasteiger partial charge in [-0.2, -0.15) is 8.42 Å². The Labute approximate surface area is 251 Å². The molecule has 4 rings (SSSR count). The molecule has 0 radical (unpaired) electrons. The Morgan fingerprint density at radius 2 is 1.89 bits per heavy atom. The molecule has 15 heteroatoms. The van der Waals surface area contributed by atoms with Gasteiger partial charge < -0.3 is 11.7 Å². The van der Waals surface area contributed by atoms with E-state index in [1.165, 1.54) is 49.5 Å². The average molecular weight is 562 g/mol. The van der Waals surface area contributed by atoms with E-state index in [1.807, 2.05) is 0 Å². The molecule has 4 aromatic rings. The number of hydrogen-bond donors (Lipinski definition) is 2. The van der Waals surface area contributed by atoms with Crippen LogP contribution < -0.4 is 72.9 Å². The van der Waals surface area contributed by atoms with Crippen molar-refractivity contribution in [2.24, 2.45) is 4.36 Å². The molecule has 10 nitrogen and oxygen atoms in total. The number of fused-ring (bicyclic) bond motifs is 1. The third kappa shape index (κ3) is 5.64. The van der Waals surface area contributed by atoms with Crippen LogP contribution in [0.2, 0.25) is 4.34 Å². The Hall–Kier alpha value is -2.17. The Morgan fingerprint density at radius 3 is 2.46 bits per heavy atom. The summed E-state index contributed by atoms with van der Waals surface area (Å²) in [5, 5.41) is 2.89. The zero-order valence-corrected chi connectivity index (χ0v) is 23.6. The predicted molar refractivity (Wildman–Crippen MR) is 129 cm³/mol. The molecule has 2 heterocycles. The first kappa shape index (κ1) is 27.4. The summed E-state index contributed by atoms with van der Waals surface area (Å²) in [5.74, 6) is -0.663. The van der Waals surface area contributed by atoms with Gasteiger partial charge in [-0.15, -0.1) is 11.3 Å². The number of rotatable bonds is 4. The Morgan fingerprint density at radius 1 is 1.20 bits per heavy atom. The van der Waals surface area contributed by atoms with Gasteiger partial charge in [0.1, 0.15) is 10.8 Å². The molecule has 0 saturated heterocycles. The Kier molecular flexibility index (Phi) is 8.82. The number of halogens is 2. The number of benzene rings is 2. The maximum absolute atomic E-state index is 14.2. The third-order valence-electron chi connectivity index (χ3n) is 4.74. The summed E-state index contributed by atoms with van der Waals surface area (Å²) in [4.78, 5) is 41.6. The molecule has 2 amide bonds. The molecule has 0 fully saturated rings. The second-order valence-electron chi connectivity index (χ2n) is 6.72. The van der Waals surface area contributed by atoms with E-state index in [1.54, 1.807) is 0 Å². The van der Waals surface area contributed by atoms with E-state index in [-0.39, 0.29) is 80.8 Å². The van der Waals surface area contributed by atoms with Crippen LogP contribution in [0.1, 0.15) is 1.43 Å². The van der Waals surface area contributed by atoms with Gasteiger partial charge >= 0.3 is 73.6 Å². The van der Waals surface area contributed by atoms with Crippen molar-refractivity contribution < 1.29 is 70.4 Å². The number of thiophene rings is 1. The number of carbonyl (C=O) groups excluding carboxylic acids is 1. The standard InChI is InChI=1S/C20H13ClFN5O5S2.K.H/c1-23-15-9-14-12(8-13(15)22)18(28)27(19(29)24-14)11-4-2-10(3-5-11)26(20(30)25-34(31)32)17-7-6-16(21)33-17;;/h2-9,23H,1H3,(H,24,29);;/q;+1;-1. The van der Waals surface area contributed by atoms with Gasteiger partial charge in [0.2, 0.25) is 0 Å². The summed E-state index contributed by atoms with van der Waals surface area (Å²) in [5.41, 5.74) is -0.886. The van der Waals surface area contributed by atoms with E-state index in [4.69, 9.17) is 11.6 Å². The van der Waals surface area contributed by atoms with Crippen molar-refractivity contribution in [2.45, 2.75) is 0 Å². The van der Waals surface area contributed by atoms with E-state index >= 15 is 0 Å². The fraction of sp³-hybridized carbons (Fsp3) is 0.0500. The van der Waals surface area contributed by atoms with Crippen molar-refractivity contribution >= 4 is 66.7 Å². The number of aromatic amines is 1. The van der Waals surface area contributed by atoms with Crippen molar-refractivity contribution in [3.63, 3.8) is 0 Å².